The van der Waals surface area contributed by atoms with Crippen LogP contribution in [-0.2, 0) is 0 Å². The smallest absolute Gasteiger partial charge is 0.0124 e. The van der Waals surface area contributed by atoms with Crippen molar-refractivity contribution in [1.29, 1.82) is 0 Å². The maximum Gasteiger partial charge on any atom is 0.0124 e. The normalized spacial score (nSPS) is 34.1. The number of hydrogen-bond acceptors (Lipinski definition) is 1. The van der Waals surface area contributed by atoms with Crippen LogP contribution >= 0.6 is 0 Å². The van der Waals surface area contributed by atoms with Gasteiger partial charge in [0.25, 0.3) is 0 Å². The minimum atomic E-state index is 0.739. The van der Waals surface area contributed by atoms with Crippen LogP contribution in [0.3, 0.4) is 0 Å². The fourth-order valence-electron chi connectivity index (χ4n) is 3.71. The average molecular weight is 195 g/mol. The largest absolute Gasteiger partial charge is 0.303 e. The molecule has 14 heavy (non-hydrogen) atoms. The van der Waals surface area contributed by atoms with E-state index in [0.29, 0.717) is 0 Å². The topological polar surface area (TPSA) is 3.24 Å². The van der Waals surface area contributed by atoms with Crippen LogP contribution in [0.4, 0.5) is 0 Å². The van der Waals surface area contributed by atoms with Crippen LogP contribution in [-0.4, -0.2) is 24.5 Å². The van der Waals surface area contributed by atoms with Gasteiger partial charge in [0, 0.05) is 12.6 Å². The molecule has 1 aliphatic carbocycles. The Morgan fingerprint density at radius 1 is 1.36 bits per heavy atom. The fourth-order valence-corrected chi connectivity index (χ4v) is 3.71. The standard InChI is InChI=1S/C13H25N/c1-4-11(2)12-9-13(10-14(12)3)7-5-6-8-13/h11-12H,4-10H2,1-3H3. The molecular formula is C13H25N. The third-order valence-corrected chi connectivity index (χ3v) is 4.76. The summed E-state index contributed by atoms with van der Waals surface area (Å²) in [6, 6.07) is 0.873. The molecule has 0 amide bonds. The number of likely N-dealkylation sites (tertiary alicyclic amines) is 1. The van der Waals surface area contributed by atoms with Crippen molar-refractivity contribution >= 4 is 0 Å². The van der Waals surface area contributed by atoms with Gasteiger partial charge >= 0.3 is 0 Å². The highest BCUT2D eigenvalue weighted by Crippen LogP contribution is 2.48. The molecule has 2 aliphatic rings. The van der Waals surface area contributed by atoms with E-state index in [2.05, 4.69) is 25.8 Å². The molecule has 0 radical (unpaired) electrons. The van der Waals surface area contributed by atoms with Crippen molar-refractivity contribution in [2.24, 2.45) is 11.3 Å². The maximum atomic E-state index is 2.64. The third kappa shape index (κ3) is 1.71. The van der Waals surface area contributed by atoms with Gasteiger partial charge in [-0.2, -0.15) is 0 Å². The van der Waals surface area contributed by atoms with E-state index in [0.717, 1.165) is 17.4 Å². The molecule has 1 aliphatic heterocycles. The summed E-state index contributed by atoms with van der Waals surface area (Å²) < 4.78 is 0. The average Bonchev–Trinajstić information content (AvgIpc) is 2.74. The minimum Gasteiger partial charge on any atom is -0.303 e. The SMILES string of the molecule is CCC(C)C1CC2(CCCC2)CN1C. The lowest BCUT2D eigenvalue weighted by atomic mass is 9.81. The van der Waals surface area contributed by atoms with E-state index in [1.165, 1.54) is 45.1 Å². The quantitative estimate of drug-likeness (QED) is 0.653. The lowest BCUT2D eigenvalue weighted by molar-refractivity contribution is 0.231. The van der Waals surface area contributed by atoms with E-state index in [-0.39, 0.29) is 0 Å². The Balaban J connectivity index is 2.02. The summed E-state index contributed by atoms with van der Waals surface area (Å²) in [6.07, 6.45) is 8.81. The van der Waals surface area contributed by atoms with Crippen molar-refractivity contribution in [3.63, 3.8) is 0 Å². The zero-order valence-corrected chi connectivity index (χ0v) is 10.1. The molecule has 1 saturated carbocycles. The first-order valence-electron chi connectivity index (χ1n) is 6.37. The van der Waals surface area contributed by atoms with Crippen LogP contribution in [0.25, 0.3) is 0 Å². The highest BCUT2D eigenvalue weighted by Gasteiger charge is 2.44. The highest BCUT2D eigenvalue weighted by molar-refractivity contribution is 4.98. The summed E-state index contributed by atoms with van der Waals surface area (Å²) in [5, 5.41) is 0. The molecule has 1 heterocycles. The molecular weight excluding hydrogens is 170 g/mol. The Bertz CT molecular complexity index is 193. The van der Waals surface area contributed by atoms with Crippen molar-refractivity contribution in [2.45, 2.75) is 58.4 Å². The Morgan fingerprint density at radius 2 is 2.00 bits per heavy atom. The van der Waals surface area contributed by atoms with Gasteiger partial charge in [-0.05, 0) is 37.6 Å². The lowest BCUT2D eigenvalue weighted by Gasteiger charge is -2.24. The van der Waals surface area contributed by atoms with E-state index < -0.39 is 0 Å². The zero-order valence-electron chi connectivity index (χ0n) is 10.1. The molecule has 1 spiro atoms. The molecule has 0 aromatic heterocycles. The second-order valence-corrected chi connectivity index (χ2v) is 5.78. The summed E-state index contributed by atoms with van der Waals surface area (Å²) in [5.41, 5.74) is 0.739. The Kier molecular flexibility index (Phi) is 2.88. The van der Waals surface area contributed by atoms with Crippen molar-refractivity contribution in [1.82, 2.24) is 4.90 Å². The predicted molar refractivity (Wildman–Crippen MR) is 61.4 cm³/mol. The van der Waals surface area contributed by atoms with Crippen LogP contribution in [0.15, 0.2) is 0 Å². The monoisotopic (exact) mass is 195 g/mol. The number of nitrogens with zero attached hydrogens (tertiary/aromatic N) is 1. The van der Waals surface area contributed by atoms with Crippen LogP contribution in [0.2, 0.25) is 0 Å². The highest BCUT2D eigenvalue weighted by atomic mass is 15.2. The van der Waals surface area contributed by atoms with Crippen molar-refractivity contribution in [2.75, 3.05) is 13.6 Å². The minimum absolute atomic E-state index is 0.739. The van der Waals surface area contributed by atoms with Crippen molar-refractivity contribution in [3.8, 4) is 0 Å². The van der Waals surface area contributed by atoms with Gasteiger partial charge in [0.15, 0.2) is 0 Å². The molecule has 1 saturated heterocycles. The maximum absolute atomic E-state index is 2.64. The first kappa shape index (κ1) is 10.5. The van der Waals surface area contributed by atoms with Gasteiger partial charge in [-0.1, -0.05) is 33.1 Å². The van der Waals surface area contributed by atoms with E-state index in [1.54, 1.807) is 0 Å². The van der Waals surface area contributed by atoms with Crippen molar-refractivity contribution in [3.05, 3.63) is 0 Å². The van der Waals surface area contributed by atoms with E-state index >= 15 is 0 Å². The summed E-state index contributed by atoms with van der Waals surface area (Å²) in [6.45, 7) is 6.13. The molecule has 1 heteroatoms. The molecule has 0 aromatic rings. The van der Waals surface area contributed by atoms with Crippen molar-refractivity contribution < 1.29 is 0 Å². The Morgan fingerprint density at radius 3 is 2.57 bits per heavy atom. The summed E-state index contributed by atoms with van der Waals surface area (Å²) >= 11 is 0. The molecule has 0 bridgehead atoms. The molecule has 2 unspecified atom stereocenters. The predicted octanol–water partition coefficient (Wildman–Crippen LogP) is 3.30. The molecule has 1 nitrogen and oxygen atoms in total. The van der Waals surface area contributed by atoms with E-state index in [1.807, 2.05) is 0 Å². The number of rotatable bonds is 2. The second-order valence-electron chi connectivity index (χ2n) is 5.78. The molecule has 2 atom stereocenters. The summed E-state index contributed by atoms with van der Waals surface area (Å²) in [4.78, 5) is 2.64. The van der Waals surface area contributed by atoms with Crippen LogP contribution in [0.5, 0.6) is 0 Å². The van der Waals surface area contributed by atoms with Gasteiger partial charge in [-0.15, -0.1) is 0 Å². The molecule has 0 N–H and O–H groups in total. The summed E-state index contributed by atoms with van der Waals surface area (Å²) in [7, 11) is 2.34. The Hall–Kier alpha value is -0.0400. The molecule has 2 fully saturated rings. The lowest BCUT2D eigenvalue weighted by Crippen LogP contribution is -2.30. The van der Waals surface area contributed by atoms with Gasteiger partial charge in [0.05, 0.1) is 0 Å². The molecule has 82 valence electrons. The van der Waals surface area contributed by atoms with E-state index in [4.69, 9.17) is 0 Å². The van der Waals surface area contributed by atoms with Crippen LogP contribution in [0.1, 0.15) is 52.4 Å². The van der Waals surface area contributed by atoms with Crippen LogP contribution < -0.4 is 0 Å². The second kappa shape index (κ2) is 3.84. The first-order chi connectivity index (χ1) is 6.67. The summed E-state index contributed by atoms with van der Waals surface area (Å²) in [5.74, 6) is 0.889. The Labute approximate surface area is 88.9 Å². The fraction of sp³-hybridized carbons (Fsp3) is 1.00. The third-order valence-electron chi connectivity index (χ3n) is 4.76. The van der Waals surface area contributed by atoms with Gasteiger partial charge < -0.3 is 4.90 Å². The van der Waals surface area contributed by atoms with E-state index in [9.17, 15) is 0 Å². The number of hydrogen-bond donors (Lipinski definition) is 0. The first-order valence-corrected chi connectivity index (χ1v) is 6.37. The molecule has 0 aromatic carbocycles. The van der Waals surface area contributed by atoms with Gasteiger partial charge in [0.2, 0.25) is 0 Å². The van der Waals surface area contributed by atoms with Gasteiger partial charge in [0.1, 0.15) is 0 Å². The van der Waals surface area contributed by atoms with Crippen LogP contribution in [0, 0.1) is 11.3 Å². The van der Waals surface area contributed by atoms with Gasteiger partial charge in [-0.3, -0.25) is 0 Å². The van der Waals surface area contributed by atoms with Gasteiger partial charge in [-0.25, -0.2) is 0 Å². The zero-order chi connectivity index (χ0) is 10.2. The molecule has 2 rings (SSSR count).